The van der Waals surface area contributed by atoms with E-state index in [0.717, 1.165) is 11.4 Å². The molecule has 0 saturated heterocycles. The first-order valence-electron chi connectivity index (χ1n) is 6.77. The topological polar surface area (TPSA) is 45.2 Å². The van der Waals surface area contributed by atoms with Gasteiger partial charge in [0.2, 0.25) is 0 Å². The second-order valence-electron chi connectivity index (χ2n) is 5.78. The fourth-order valence-electron chi connectivity index (χ4n) is 2.57. The van der Waals surface area contributed by atoms with E-state index in [0.29, 0.717) is 17.3 Å². The summed E-state index contributed by atoms with van der Waals surface area (Å²) in [5.41, 5.74) is 2.19. The van der Waals surface area contributed by atoms with Crippen LogP contribution in [0, 0.1) is 0 Å². The first kappa shape index (κ1) is 13.9. The number of halogens is 1. The highest BCUT2D eigenvalue weighted by Gasteiger charge is 2.33. The number of benzene rings is 1. The third kappa shape index (κ3) is 2.72. The second-order valence-corrected chi connectivity index (χ2v) is 6.17. The Morgan fingerprint density at radius 2 is 2.10 bits per heavy atom. The zero-order chi connectivity index (χ0) is 15.0. The Morgan fingerprint density at radius 1 is 1.33 bits per heavy atom. The van der Waals surface area contributed by atoms with E-state index >= 15 is 0 Å². The van der Waals surface area contributed by atoms with Gasteiger partial charge in [-0.1, -0.05) is 23.7 Å². The molecule has 2 heterocycles. The zero-order valence-electron chi connectivity index (χ0n) is 11.9. The Labute approximate surface area is 128 Å². The number of pyridine rings is 1. The fourth-order valence-corrected chi connectivity index (χ4v) is 2.75. The molecule has 1 aromatic heterocycles. The van der Waals surface area contributed by atoms with Crippen LogP contribution in [0.5, 0.6) is 0 Å². The Hall–Kier alpha value is -2.07. The highest BCUT2D eigenvalue weighted by molar-refractivity contribution is 6.29. The molecule has 0 fully saturated rings. The lowest BCUT2D eigenvalue weighted by Crippen LogP contribution is -2.50. The number of nitrogens with one attached hydrogen (secondary N) is 1. The number of hydrogen-bond donors (Lipinski definition) is 1. The summed E-state index contributed by atoms with van der Waals surface area (Å²) in [7, 11) is 0. The van der Waals surface area contributed by atoms with Crippen LogP contribution in [0.4, 0.5) is 11.4 Å². The molecule has 2 aromatic rings. The summed E-state index contributed by atoms with van der Waals surface area (Å²) in [5.74, 6) is -0.0682. The van der Waals surface area contributed by atoms with Crippen LogP contribution >= 0.6 is 11.6 Å². The van der Waals surface area contributed by atoms with E-state index in [1.165, 1.54) is 0 Å². The smallest absolute Gasteiger partial charge is 0.258 e. The number of rotatable bonds is 1. The third-order valence-electron chi connectivity index (χ3n) is 3.44. The molecule has 0 radical (unpaired) electrons. The van der Waals surface area contributed by atoms with Gasteiger partial charge in [-0.25, -0.2) is 4.98 Å². The summed E-state index contributed by atoms with van der Waals surface area (Å²) in [6, 6.07) is 11.1. The molecule has 1 N–H and O–H groups in total. The van der Waals surface area contributed by atoms with Gasteiger partial charge >= 0.3 is 0 Å². The molecule has 0 unspecified atom stereocenters. The van der Waals surface area contributed by atoms with Crippen LogP contribution in [0.3, 0.4) is 0 Å². The van der Waals surface area contributed by atoms with E-state index in [1.807, 2.05) is 24.3 Å². The van der Waals surface area contributed by atoms with E-state index < -0.39 is 0 Å². The van der Waals surface area contributed by atoms with Crippen molar-refractivity contribution in [3.8, 4) is 0 Å². The molecule has 108 valence electrons. The average molecular weight is 302 g/mol. The first-order valence-corrected chi connectivity index (χ1v) is 7.15. The van der Waals surface area contributed by atoms with Crippen molar-refractivity contribution in [1.29, 1.82) is 0 Å². The molecule has 0 saturated carbocycles. The van der Waals surface area contributed by atoms with Crippen molar-refractivity contribution in [3.05, 3.63) is 53.3 Å². The lowest BCUT2D eigenvalue weighted by Gasteiger charge is -2.40. The van der Waals surface area contributed by atoms with Crippen molar-refractivity contribution in [2.45, 2.75) is 19.4 Å². The van der Waals surface area contributed by atoms with E-state index in [4.69, 9.17) is 11.6 Å². The minimum Gasteiger partial charge on any atom is -0.377 e. The molecule has 0 bridgehead atoms. The lowest BCUT2D eigenvalue weighted by molar-refractivity contribution is 0.0981. The van der Waals surface area contributed by atoms with Crippen LogP contribution < -0.4 is 10.2 Å². The number of carbonyl (C=O) groups excluding carboxylic acids is 1. The molecule has 21 heavy (non-hydrogen) atoms. The summed E-state index contributed by atoms with van der Waals surface area (Å²) in [4.78, 5) is 18.5. The Morgan fingerprint density at radius 3 is 2.86 bits per heavy atom. The van der Waals surface area contributed by atoms with Gasteiger partial charge in [0.15, 0.2) is 0 Å². The molecule has 5 heteroatoms. The van der Waals surface area contributed by atoms with Crippen molar-refractivity contribution < 1.29 is 4.79 Å². The van der Waals surface area contributed by atoms with Gasteiger partial charge in [0.1, 0.15) is 5.15 Å². The van der Waals surface area contributed by atoms with E-state index in [2.05, 4.69) is 24.1 Å². The first-order chi connectivity index (χ1) is 9.96. The standard InChI is InChI=1S/C16H16ClN3O/c1-16(2)10-20(13-6-4-3-5-12(13)19-16)15(21)11-7-8-18-14(17)9-11/h3-9,19H,10H2,1-2H3. The maximum atomic E-state index is 12.8. The Balaban J connectivity index is 2.03. The summed E-state index contributed by atoms with van der Waals surface area (Å²) in [5, 5.41) is 3.77. The average Bonchev–Trinajstić information content (AvgIpc) is 2.44. The number of fused-ring (bicyclic) bond motifs is 1. The number of para-hydroxylation sites is 2. The molecule has 0 aliphatic carbocycles. The predicted molar refractivity (Wildman–Crippen MR) is 85.1 cm³/mol. The van der Waals surface area contributed by atoms with Gasteiger partial charge in [-0.3, -0.25) is 4.79 Å². The van der Waals surface area contributed by atoms with Crippen LogP contribution in [0.15, 0.2) is 42.6 Å². The molecule has 0 atom stereocenters. The second kappa shape index (κ2) is 5.04. The number of anilines is 2. The molecule has 3 rings (SSSR count). The molecule has 1 aromatic carbocycles. The maximum absolute atomic E-state index is 12.8. The lowest BCUT2D eigenvalue weighted by atomic mass is 9.98. The van der Waals surface area contributed by atoms with Crippen molar-refractivity contribution >= 4 is 28.9 Å². The van der Waals surface area contributed by atoms with Crippen molar-refractivity contribution in [2.24, 2.45) is 0 Å². The van der Waals surface area contributed by atoms with Gasteiger partial charge in [0, 0.05) is 23.8 Å². The molecule has 1 aliphatic rings. The highest BCUT2D eigenvalue weighted by Crippen LogP contribution is 2.35. The van der Waals surface area contributed by atoms with Crippen LogP contribution in [0.2, 0.25) is 5.15 Å². The van der Waals surface area contributed by atoms with E-state index in [-0.39, 0.29) is 11.4 Å². The summed E-state index contributed by atoms with van der Waals surface area (Å²) >= 11 is 5.89. The SMILES string of the molecule is CC1(C)CN(C(=O)c2ccnc(Cl)c2)c2ccccc2N1. The van der Waals surface area contributed by atoms with Crippen LogP contribution in [-0.4, -0.2) is 23.0 Å². The number of carbonyl (C=O) groups is 1. The van der Waals surface area contributed by atoms with Crippen molar-refractivity contribution in [3.63, 3.8) is 0 Å². The number of amides is 1. The normalized spacial score (nSPS) is 16.0. The predicted octanol–water partition coefficient (Wildman–Crippen LogP) is 3.59. The molecule has 4 nitrogen and oxygen atoms in total. The van der Waals surface area contributed by atoms with Gasteiger partial charge in [-0.15, -0.1) is 0 Å². The van der Waals surface area contributed by atoms with Crippen LogP contribution in [-0.2, 0) is 0 Å². The summed E-state index contributed by atoms with van der Waals surface area (Å²) < 4.78 is 0. The number of hydrogen-bond acceptors (Lipinski definition) is 3. The highest BCUT2D eigenvalue weighted by atomic mass is 35.5. The number of aromatic nitrogens is 1. The molecule has 1 amide bonds. The van der Waals surface area contributed by atoms with Crippen molar-refractivity contribution in [1.82, 2.24) is 4.98 Å². The number of nitrogens with zero attached hydrogens (tertiary/aromatic N) is 2. The summed E-state index contributed by atoms with van der Waals surface area (Å²) in [6.45, 7) is 4.73. The quantitative estimate of drug-likeness (QED) is 0.819. The van der Waals surface area contributed by atoms with Crippen LogP contribution in [0.1, 0.15) is 24.2 Å². The fraction of sp³-hybridized carbons (Fsp3) is 0.250. The van der Waals surface area contributed by atoms with Gasteiger partial charge in [0.05, 0.1) is 11.4 Å². The van der Waals surface area contributed by atoms with Crippen LogP contribution in [0.25, 0.3) is 0 Å². The van der Waals surface area contributed by atoms with Gasteiger partial charge in [-0.05, 0) is 38.1 Å². The largest absolute Gasteiger partial charge is 0.377 e. The van der Waals surface area contributed by atoms with E-state index in [9.17, 15) is 4.79 Å². The van der Waals surface area contributed by atoms with Gasteiger partial charge in [0.25, 0.3) is 5.91 Å². The zero-order valence-corrected chi connectivity index (χ0v) is 12.7. The Bertz CT molecular complexity index is 699. The minimum absolute atomic E-state index is 0.0682. The minimum atomic E-state index is -0.194. The molecule has 1 aliphatic heterocycles. The van der Waals surface area contributed by atoms with E-state index in [1.54, 1.807) is 23.2 Å². The van der Waals surface area contributed by atoms with Gasteiger partial charge in [-0.2, -0.15) is 0 Å². The third-order valence-corrected chi connectivity index (χ3v) is 3.65. The monoisotopic (exact) mass is 301 g/mol. The van der Waals surface area contributed by atoms with Gasteiger partial charge < -0.3 is 10.2 Å². The molecular formula is C16H16ClN3O. The summed E-state index contributed by atoms with van der Waals surface area (Å²) in [6.07, 6.45) is 1.55. The Kier molecular flexibility index (Phi) is 3.33. The molecule has 0 spiro atoms. The molecular weight excluding hydrogens is 286 g/mol. The maximum Gasteiger partial charge on any atom is 0.258 e. The van der Waals surface area contributed by atoms with Crippen molar-refractivity contribution in [2.75, 3.05) is 16.8 Å².